The second kappa shape index (κ2) is 9.27. The topological polar surface area (TPSA) is 73.5 Å². The van der Waals surface area contributed by atoms with E-state index in [0.717, 1.165) is 25.1 Å². The number of rotatable bonds is 7. The van der Waals surface area contributed by atoms with Crippen molar-refractivity contribution in [1.82, 2.24) is 20.9 Å². The van der Waals surface area contributed by atoms with E-state index >= 15 is 0 Å². The Kier molecular flexibility index (Phi) is 7.06. The molecule has 6 heteroatoms. The smallest absolute Gasteiger partial charge is 0.315 e. The van der Waals surface area contributed by atoms with E-state index in [1.54, 1.807) is 0 Å². The highest BCUT2D eigenvalue weighted by Crippen LogP contribution is 2.11. The summed E-state index contributed by atoms with van der Waals surface area (Å²) in [5.41, 5.74) is 1.06. The van der Waals surface area contributed by atoms with Gasteiger partial charge in [-0.3, -0.25) is 9.69 Å². The van der Waals surface area contributed by atoms with Gasteiger partial charge in [0.1, 0.15) is 0 Å². The van der Waals surface area contributed by atoms with Gasteiger partial charge in [-0.05, 0) is 25.8 Å². The molecular weight excluding hydrogens is 304 g/mol. The SMILES string of the molecule is CC(C)N1CC[C@H](NC(=O)NCCC(=O)NCc2ccccc2)C1. The number of amides is 3. The minimum Gasteiger partial charge on any atom is -0.352 e. The van der Waals surface area contributed by atoms with Gasteiger partial charge in [0, 0.05) is 44.7 Å². The van der Waals surface area contributed by atoms with E-state index in [1.165, 1.54) is 0 Å². The van der Waals surface area contributed by atoms with Crippen LogP contribution in [0.15, 0.2) is 30.3 Å². The molecule has 0 saturated carbocycles. The maximum absolute atomic E-state index is 11.9. The van der Waals surface area contributed by atoms with Crippen LogP contribution in [0, 0.1) is 0 Å². The van der Waals surface area contributed by atoms with Gasteiger partial charge in [-0.1, -0.05) is 30.3 Å². The third kappa shape index (κ3) is 6.20. The molecule has 1 aliphatic heterocycles. The van der Waals surface area contributed by atoms with Crippen LogP contribution in [0.1, 0.15) is 32.3 Å². The Labute approximate surface area is 144 Å². The van der Waals surface area contributed by atoms with E-state index in [0.29, 0.717) is 19.1 Å². The summed E-state index contributed by atoms with van der Waals surface area (Å²) < 4.78 is 0. The predicted octanol–water partition coefficient (Wildman–Crippen LogP) is 1.47. The fourth-order valence-electron chi connectivity index (χ4n) is 2.79. The summed E-state index contributed by atoms with van der Waals surface area (Å²) >= 11 is 0. The Hall–Kier alpha value is -2.08. The molecule has 1 fully saturated rings. The highest BCUT2D eigenvalue weighted by Gasteiger charge is 2.25. The molecule has 1 aromatic rings. The van der Waals surface area contributed by atoms with Gasteiger partial charge in [-0.15, -0.1) is 0 Å². The van der Waals surface area contributed by atoms with Crippen LogP contribution in [-0.2, 0) is 11.3 Å². The number of likely N-dealkylation sites (tertiary alicyclic amines) is 1. The van der Waals surface area contributed by atoms with Crippen molar-refractivity contribution in [3.05, 3.63) is 35.9 Å². The van der Waals surface area contributed by atoms with Crippen molar-refractivity contribution in [2.45, 2.75) is 45.3 Å². The molecular formula is C18H28N4O2. The zero-order valence-corrected chi connectivity index (χ0v) is 14.5. The molecule has 0 unspecified atom stereocenters. The highest BCUT2D eigenvalue weighted by molar-refractivity contribution is 5.78. The van der Waals surface area contributed by atoms with Crippen molar-refractivity contribution in [1.29, 1.82) is 0 Å². The van der Waals surface area contributed by atoms with Gasteiger partial charge in [0.15, 0.2) is 0 Å². The fourth-order valence-corrected chi connectivity index (χ4v) is 2.79. The number of urea groups is 1. The molecule has 0 bridgehead atoms. The lowest BCUT2D eigenvalue weighted by atomic mass is 10.2. The first-order valence-electron chi connectivity index (χ1n) is 8.63. The lowest BCUT2D eigenvalue weighted by Crippen LogP contribution is -2.44. The van der Waals surface area contributed by atoms with Crippen LogP contribution in [0.3, 0.4) is 0 Å². The van der Waals surface area contributed by atoms with Crippen LogP contribution in [0.4, 0.5) is 4.79 Å². The van der Waals surface area contributed by atoms with Gasteiger partial charge in [-0.25, -0.2) is 4.79 Å². The molecule has 1 heterocycles. The Morgan fingerprint density at radius 1 is 1.21 bits per heavy atom. The number of hydrogen-bond donors (Lipinski definition) is 3. The monoisotopic (exact) mass is 332 g/mol. The minimum atomic E-state index is -0.193. The third-order valence-electron chi connectivity index (χ3n) is 4.26. The summed E-state index contributed by atoms with van der Waals surface area (Å²) in [4.78, 5) is 26.0. The largest absolute Gasteiger partial charge is 0.352 e. The molecule has 1 aliphatic rings. The van der Waals surface area contributed by atoms with Crippen molar-refractivity contribution in [3.63, 3.8) is 0 Å². The number of nitrogens with one attached hydrogen (secondary N) is 3. The average Bonchev–Trinajstić information content (AvgIpc) is 3.02. The van der Waals surface area contributed by atoms with Crippen molar-refractivity contribution in [2.24, 2.45) is 0 Å². The van der Waals surface area contributed by atoms with Crippen molar-refractivity contribution in [2.75, 3.05) is 19.6 Å². The first-order valence-corrected chi connectivity index (χ1v) is 8.63. The van der Waals surface area contributed by atoms with Crippen LogP contribution in [0.5, 0.6) is 0 Å². The molecule has 6 nitrogen and oxygen atoms in total. The summed E-state index contributed by atoms with van der Waals surface area (Å²) in [5.74, 6) is -0.0639. The van der Waals surface area contributed by atoms with Gasteiger partial charge in [0.05, 0.1) is 0 Å². The molecule has 1 atom stereocenters. The van der Waals surface area contributed by atoms with E-state index in [2.05, 4.69) is 34.7 Å². The molecule has 0 aromatic heterocycles. The summed E-state index contributed by atoms with van der Waals surface area (Å²) in [6.07, 6.45) is 1.26. The predicted molar refractivity (Wildman–Crippen MR) is 94.6 cm³/mol. The molecule has 2 rings (SSSR count). The maximum atomic E-state index is 11.9. The normalized spacial score (nSPS) is 17.7. The molecule has 1 saturated heterocycles. The molecule has 24 heavy (non-hydrogen) atoms. The number of nitrogens with zero attached hydrogens (tertiary/aromatic N) is 1. The van der Waals surface area contributed by atoms with Gasteiger partial charge >= 0.3 is 6.03 Å². The van der Waals surface area contributed by atoms with E-state index in [9.17, 15) is 9.59 Å². The molecule has 0 aliphatic carbocycles. The zero-order valence-electron chi connectivity index (χ0n) is 14.5. The lowest BCUT2D eigenvalue weighted by molar-refractivity contribution is -0.121. The molecule has 3 amide bonds. The molecule has 0 spiro atoms. The van der Waals surface area contributed by atoms with E-state index < -0.39 is 0 Å². The van der Waals surface area contributed by atoms with Gasteiger partial charge in [-0.2, -0.15) is 0 Å². The number of carbonyl (C=O) groups is 2. The summed E-state index contributed by atoms with van der Waals surface area (Å²) in [5, 5.41) is 8.57. The van der Waals surface area contributed by atoms with E-state index in [1.807, 2.05) is 30.3 Å². The van der Waals surface area contributed by atoms with Gasteiger partial charge in [0.25, 0.3) is 0 Å². The highest BCUT2D eigenvalue weighted by atomic mass is 16.2. The summed E-state index contributed by atoms with van der Waals surface area (Å²) in [7, 11) is 0. The van der Waals surface area contributed by atoms with E-state index in [-0.39, 0.29) is 24.4 Å². The Balaban J connectivity index is 1.56. The quantitative estimate of drug-likeness (QED) is 0.708. The van der Waals surface area contributed by atoms with Crippen molar-refractivity contribution < 1.29 is 9.59 Å². The maximum Gasteiger partial charge on any atom is 0.315 e. The zero-order chi connectivity index (χ0) is 17.4. The minimum absolute atomic E-state index is 0.0639. The second-order valence-corrected chi connectivity index (χ2v) is 6.49. The van der Waals surface area contributed by atoms with Crippen molar-refractivity contribution in [3.8, 4) is 0 Å². The lowest BCUT2D eigenvalue weighted by Gasteiger charge is -2.20. The van der Waals surface area contributed by atoms with Crippen LogP contribution in [0.2, 0.25) is 0 Å². The first kappa shape index (κ1) is 18.3. The molecule has 132 valence electrons. The van der Waals surface area contributed by atoms with Gasteiger partial charge < -0.3 is 16.0 Å². The molecule has 0 radical (unpaired) electrons. The van der Waals surface area contributed by atoms with Crippen LogP contribution in [0.25, 0.3) is 0 Å². The standard InChI is InChI=1S/C18H28N4O2/c1-14(2)22-11-9-16(13-22)21-18(24)19-10-8-17(23)20-12-15-6-4-3-5-7-15/h3-7,14,16H,8-13H2,1-2H3,(H,20,23)(H2,19,21,24)/t16-/m0/s1. The number of benzene rings is 1. The number of hydrogen-bond acceptors (Lipinski definition) is 3. The second-order valence-electron chi connectivity index (χ2n) is 6.49. The van der Waals surface area contributed by atoms with Crippen molar-refractivity contribution >= 4 is 11.9 Å². The Morgan fingerprint density at radius 2 is 1.96 bits per heavy atom. The van der Waals surface area contributed by atoms with E-state index in [4.69, 9.17) is 0 Å². The van der Waals surface area contributed by atoms with Crippen LogP contribution in [-0.4, -0.2) is 48.6 Å². The van der Waals surface area contributed by atoms with Gasteiger partial charge in [0.2, 0.25) is 5.91 Å². The third-order valence-corrected chi connectivity index (χ3v) is 4.26. The summed E-state index contributed by atoms with van der Waals surface area (Å²) in [6, 6.07) is 10.3. The van der Waals surface area contributed by atoms with Crippen LogP contribution >= 0.6 is 0 Å². The summed E-state index contributed by atoms with van der Waals surface area (Å²) in [6.45, 7) is 7.09. The first-order chi connectivity index (χ1) is 11.5. The fraction of sp³-hybridized carbons (Fsp3) is 0.556. The number of carbonyl (C=O) groups excluding carboxylic acids is 2. The molecule has 3 N–H and O–H groups in total. The van der Waals surface area contributed by atoms with Crippen LogP contribution < -0.4 is 16.0 Å². The average molecular weight is 332 g/mol. The Morgan fingerprint density at radius 3 is 2.62 bits per heavy atom. The Bertz CT molecular complexity index is 533. The molecule has 1 aromatic carbocycles.